The Kier molecular flexibility index (Phi) is 15.2. The summed E-state index contributed by atoms with van der Waals surface area (Å²) in [6.45, 7) is 10.6. The van der Waals surface area contributed by atoms with Gasteiger partial charge in [-0.1, -0.05) is 51.3 Å². The highest BCUT2D eigenvalue weighted by atomic mass is 127. The molecule has 2 saturated heterocycles. The van der Waals surface area contributed by atoms with Crippen molar-refractivity contribution in [3.05, 3.63) is 69.8 Å². The van der Waals surface area contributed by atoms with Crippen molar-refractivity contribution >= 4 is 11.6 Å². The number of carbonyl (C=O) groups excluding carboxylic acids is 2. The van der Waals surface area contributed by atoms with E-state index in [1.807, 2.05) is 0 Å². The number of rotatable bonds is 6. The zero-order chi connectivity index (χ0) is 25.8. The normalized spacial score (nSPS) is 19.8. The van der Waals surface area contributed by atoms with Crippen LogP contribution in [0.5, 0.6) is 0 Å². The number of quaternary nitrogens is 1. The van der Waals surface area contributed by atoms with Gasteiger partial charge in [-0.15, -0.1) is 0 Å². The van der Waals surface area contributed by atoms with Crippen molar-refractivity contribution in [2.75, 3.05) is 34.2 Å². The highest BCUT2D eigenvalue weighted by Gasteiger charge is 2.39. The van der Waals surface area contributed by atoms with Gasteiger partial charge in [0, 0.05) is 25.7 Å². The molecule has 214 valence electrons. The molecule has 2 aliphatic rings. The van der Waals surface area contributed by atoms with Gasteiger partial charge in [-0.2, -0.15) is 0 Å². The van der Waals surface area contributed by atoms with Crippen molar-refractivity contribution in [1.29, 1.82) is 0 Å². The van der Waals surface area contributed by atoms with Gasteiger partial charge in [-0.3, -0.25) is 14.5 Å². The number of hydrogen-bond donors (Lipinski definition) is 0. The van der Waals surface area contributed by atoms with Gasteiger partial charge >= 0.3 is 0 Å². The first kappa shape index (κ1) is 36.4. The highest BCUT2D eigenvalue weighted by molar-refractivity contribution is 5.87. The first-order valence-corrected chi connectivity index (χ1v) is 13.2. The van der Waals surface area contributed by atoms with Gasteiger partial charge in [0.05, 0.1) is 26.7 Å². The lowest BCUT2D eigenvalue weighted by molar-refractivity contribution is -0.893. The number of Topliss-reactive ketones (excluding diaryl/α,β-unsaturated/α-hetero) is 2. The maximum absolute atomic E-state index is 12.5. The first-order chi connectivity index (χ1) is 16.5. The zero-order valence-electron chi connectivity index (χ0n) is 23.4. The fourth-order valence-electron chi connectivity index (χ4n) is 5.91. The molecule has 0 aromatic heterocycles. The Morgan fingerprint density at radius 3 is 1.61 bits per heavy atom. The van der Waals surface area contributed by atoms with Crippen molar-refractivity contribution in [2.45, 2.75) is 93.2 Å². The Morgan fingerprint density at radius 2 is 1.24 bits per heavy atom. The summed E-state index contributed by atoms with van der Waals surface area (Å²) in [4.78, 5) is 27.0. The number of likely N-dealkylation sites (tertiary alicyclic amines) is 2. The molecule has 2 aliphatic heterocycles. The second-order valence-electron chi connectivity index (χ2n) is 11.3. The van der Waals surface area contributed by atoms with Crippen LogP contribution in [0.25, 0.3) is 0 Å². The number of carbonyl (C=O) groups is 2. The van der Waals surface area contributed by atoms with E-state index in [0.717, 1.165) is 36.8 Å². The summed E-state index contributed by atoms with van der Waals surface area (Å²) in [6, 6.07) is 12.9. The molecule has 2 aromatic rings. The van der Waals surface area contributed by atoms with E-state index in [1.54, 1.807) is 0 Å². The van der Waals surface area contributed by atoms with Crippen LogP contribution in [-0.2, 0) is 22.4 Å². The summed E-state index contributed by atoms with van der Waals surface area (Å²) in [7, 11) is 6.42. The summed E-state index contributed by atoms with van der Waals surface area (Å²) < 4.78 is 0.865. The lowest BCUT2D eigenvalue weighted by Gasteiger charge is -2.30. The second-order valence-corrected chi connectivity index (χ2v) is 11.3. The average molecular weight is 637 g/mol. The molecule has 2 unspecified atom stereocenters. The number of likely N-dealkylation sites (N-methyl/N-ethyl adjacent to an activating group) is 2. The van der Waals surface area contributed by atoms with Crippen LogP contribution in [0.1, 0.15) is 73.9 Å². The summed E-state index contributed by atoms with van der Waals surface area (Å²) >= 11 is 0. The van der Waals surface area contributed by atoms with Crippen LogP contribution in [0, 0.1) is 27.7 Å². The molecule has 0 spiro atoms. The van der Waals surface area contributed by atoms with Crippen LogP contribution >= 0.6 is 0 Å². The highest BCUT2D eigenvalue weighted by Crippen LogP contribution is 2.25. The number of ketones is 2. The molecule has 0 N–H and O–H groups in total. The summed E-state index contributed by atoms with van der Waals surface area (Å²) in [5.41, 5.74) is 7.41. The summed E-state index contributed by atoms with van der Waals surface area (Å²) in [5.74, 6) is 0.789. The van der Waals surface area contributed by atoms with Crippen molar-refractivity contribution in [1.82, 2.24) is 4.90 Å². The average Bonchev–Trinajstić information content (AvgIpc) is 3.38. The predicted molar refractivity (Wildman–Crippen MR) is 158 cm³/mol. The third-order valence-corrected chi connectivity index (χ3v) is 8.31. The second kappa shape index (κ2) is 15.9. The molecular weight excluding hydrogens is 583 g/mol. The van der Waals surface area contributed by atoms with Crippen LogP contribution in [0.4, 0.5) is 0 Å². The summed E-state index contributed by atoms with van der Waals surface area (Å²) in [5, 5.41) is 0. The van der Waals surface area contributed by atoms with Gasteiger partial charge in [-0.25, -0.2) is 0 Å². The van der Waals surface area contributed by atoms with E-state index in [0.29, 0.717) is 24.4 Å². The van der Waals surface area contributed by atoms with Crippen molar-refractivity contribution in [2.24, 2.45) is 0 Å². The topological polar surface area (TPSA) is 37.4 Å². The first-order valence-electron chi connectivity index (χ1n) is 13.2. The Balaban J connectivity index is 0.000000669. The van der Waals surface area contributed by atoms with Gasteiger partial charge in [0.15, 0.2) is 11.6 Å². The quantitative estimate of drug-likeness (QED) is 0.361. The molecule has 2 fully saturated rings. The van der Waals surface area contributed by atoms with Gasteiger partial charge in [0.1, 0.15) is 6.04 Å². The van der Waals surface area contributed by atoms with Crippen LogP contribution in [-0.4, -0.2) is 67.3 Å². The van der Waals surface area contributed by atoms with Crippen LogP contribution < -0.4 is 24.0 Å². The number of benzene rings is 2. The zero-order valence-corrected chi connectivity index (χ0v) is 25.5. The van der Waals surface area contributed by atoms with Gasteiger partial charge in [0.25, 0.3) is 0 Å². The lowest BCUT2D eigenvalue weighted by atomic mass is 9.94. The monoisotopic (exact) mass is 636 g/mol. The molecule has 0 saturated carbocycles. The molecular formula is C33H53IN2O2. The van der Waals surface area contributed by atoms with Gasteiger partial charge < -0.3 is 28.5 Å². The number of hydrogen-bond acceptors (Lipinski definition) is 3. The van der Waals surface area contributed by atoms with Gasteiger partial charge in [0.2, 0.25) is 0 Å². The fourth-order valence-corrected chi connectivity index (χ4v) is 5.91. The molecule has 5 heteroatoms. The van der Waals surface area contributed by atoms with Crippen LogP contribution in [0.15, 0.2) is 36.4 Å². The smallest absolute Gasteiger partial charge is 0.194 e. The van der Waals surface area contributed by atoms with E-state index in [2.05, 4.69) is 90.1 Å². The van der Waals surface area contributed by atoms with Crippen molar-refractivity contribution in [3.63, 3.8) is 0 Å². The Bertz CT molecular complexity index is 1020. The maximum atomic E-state index is 12.5. The molecule has 2 aromatic carbocycles. The molecule has 4 nitrogen and oxygen atoms in total. The molecule has 0 aliphatic carbocycles. The summed E-state index contributed by atoms with van der Waals surface area (Å²) in [6.07, 6.45) is 5.60. The minimum absolute atomic E-state index is 0. The van der Waals surface area contributed by atoms with Crippen LogP contribution in [0.2, 0.25) is 0 Å². The Labute approximate surface area is 250 Å². The molecule has 4 rings (SSSR count). The minimum atomic E-state index is 0. The SMILES string of the molecule is C.C.Cc1cccc(C)c1CC(=O)C1CCCN1C.Cc1cccc(C)c1CC(=O)C1CCC[N+]1(C)C.[I-]. The lowest BCUT2D eigenvalue weighted by Crippen LogP contribution is -3.00. The van der Waals surface area contributed by atoms with E-state index in [-0.39, 0.29) is 50.9 Å². The molecule has 0 amide bonds. The molecule has 38 heavy (non-hydrogen) atoms. The maximum Gasteiger partial charge on any atom is 0.194 e. The van der Waals surface area contributed by atoms with Gasteiger partial charge in [-0.05, 0) is 87.5 Å². The fraction of sp³-hybridized carbons (Fsp3) is 0.576. The third kappa shape index (κ3) is 8.99. The van der Waals surface area contributed by atoms with Crippen molar-refractivity contribution < 1.29 is 38.0 Å². The Hall–Kier alpha value is -1.57. The molecule has 0 radical (unpaired) electrons. The number of nitrogens with zero attached hydrogens (tertiary/aromatic N) is 2. The molecule has 2 heterocycles. The largest absolute Gasteiger partial charge is 1.00 e. The van der Waals surface area contributed by atoms with E-state index < -0.39 is 0 Å². The third-order valence-electron chi connectivity index (χ3n) is 8.31. The van der Waals surface area contributed by atoms with E-state index >= 15 is 0 Å². The van der Waals surface area contributed by atoms with E-state index in [9.17, 15) is 9.59 Å². The standard InChI is InChI=1S/C16H24NO.C15H21NO.2CH4.HI/c1-12-7-5-8-13(2)14(12)11-16(18)15-9-6-10-17(15,3)4;1-11-6-4-7-12(2)13(11)10-15(17)14-8-5-9-16(14)3;;;/h5,7-8,15H,6,9-11H2,1-4H3;4,6-7,14H,5,8-10H2,1-3H3;2*1H4;1H/q+1;;;;/p-1. The Morgan fingerprint density at radius 1 is 0.789 bits per heavy atom. The van der Waals surface area contributed by atoms with E-state index in [1.165, 1.54) is 39.8 Å². The van der Waals surface area contributed by atoms with E-state index in [4.69, 9.17) is 0 Å². The molecule has 0 bridgehead atoms. The minimum Gasteiger partial charge on any atom is -1.00 e. The molecule has 2 atom stereocenters. The number of halogens is 1. The predicted octanol–water partition coefficient (Wildman–Crippen LogP) is 3.44. The van der Waals surface area contributed by atoms with Crippen LogP contribution in [0.3, 0.4) is 0 Å². The van der Waals surface area contributed by atoms with Crippen molar-refractivity contribution in [3.8, 4) is 0 Å². The number of aryl methyl sites for hydroxylation is 4.